The van der Waals surface area contributed by atoms with Gasteiger partial charge in [-0.05, 0) is 26.2 Å². The monoisotopic (exact) mass is 282 g/mol. The Balaban J connectivity index is 1.98. The standard InChI is InChI=1S/C15H26N2O3/c1-11-13(14(18)19)9-10-17(11)15(20)16(2)12-7-5-3-4-6-8-12/h11-13H,3-10H2,1-2H3,(H,18,19). The number of aliphatic carboxylic acids is 1. The van der Waals surface area contributed by atoms with Crippen LogP contribution >= 0.6 is 0 Å². The molecule has 1 aliphatic heterocycles. The van der Waals surface area contributed by atoms with E-state index < -0.39 is 11.9 Å². The first-order chi connectivity index (χ1) is 9.52. The fourth-order valence-corrected chi connectivity index (χ4v) is 3.54. The van der Waals surface area contributed by atoms with E-state index in [2.05, 4.69) is 0 Å². The second-order valence-corrected chi connectivity index (χ2v) is 6.21. The van der Waals surface area contributed by atoms with E-state index in [0.717, 1.165) is 12.8 Å². The summed E-state index contributed by atoms with van der Waals surface area (Å²) in [6.45, 7) is 2.42. The Bertz CT molecular complexity index is 364. The molecule has 0 aromatic rings. The predicted octanol–water partition coefficient (Wildman–Crippen LogP) is 2.56. The maximum atomic E-state index is 12.6. The Kier molecular flexibility index (Phi) is 4.89. The lowest BCUT2D eigenvalue weighted by Crippen LogP contribution is -2.48. The quantitative estimate of drug-likeness (QED) is 0.792. The van der Waals surface area contributed by atoms with Crippen molar-refractivity contribution in [3.05, 3.63) is 0 Å². The van der Waals surface area contributed by atoms with Gasteiger partial charge in [0.1, 0.15) is 0 Å². The molecule has 0 aromatic heterocycles. The molecule has 2 fully saturated rings. The topological polar surface area (TPSA) is 60.9 Å². The van der Waals surface area contributed by atoms with Crippen molar-refractivity contribution in [2.24, 2.45) is 5.92 Å². The van der Waals surface area contributed by atoms with Gasteiger partial charge < -0.3 is 14.9 Å². The molecule has 20 heavy (non-hydrogen) atoms. The van der Waals surface area contributed by atoms with Crippen LogP contribution in [-0.4, -0.2) is 52.6 Å². The third-order valence-electron chi connectivity index (χ3n) is 4.99. The van der Waals surface area contributed by atoms with E-state index in [1.165, 1.54) is 25.7 Å². The van der Waals surface area contributed by atoms with Crippen LogP contribution in [0, 0.1) is 5.92 Å². The summed E-state index contributed by atoms with van der Waals surface area (Å²) in [6, 6.07) is 0.127. The number of hydrogen-bond donors (Lipinski definition) is 1. The van der Waals surface area contributed by atoms with Crippen molar-refractivity contribution < 1.29 is 14.7 Å². The van der Waals surface area contributed by atoms with Gasteiger partial charge in [0.2, 0.25) is 0 Å². The predicted molar refractivity (Wildman–Crippen MR) is 76.6 cm³/mol. The molecule has 1 heterocycles. The second-order valence-electron chi connectivity index (χ2n) is 6.21. The van der Waals surface area contributed by atoms with Crippen LogP contribution in [0.4, 0.5) is 4.79 Å². The normalized spacial score (nSPS) is 28.2. The number of urea groups is 1. The highest BCUT2D eigenvalue weighted by molar-refractivity contribution is 5.78. The van der Waals surface area contributed by atoms with E-state index in [4.69, 9.17) is 5.11 Å². The minimum atomic E-state index is -0.787. The van der Waals surface area contributed by atoms with Crippen LogP contribution in [0.5, 0.6) is 0 Å². The van der Waals surface area contributed by atoms with Gasteiger partial charge in [0.25, 0.3) is 0 Å². The Hall–Kier alpha value is -1.26. The molecular formula is C15H26N2O3. The smallest absolute Gasteiger partial charge is 0.320 e. The largest absolute Gasteiger partial charge is 0.481 e. The van der Waals surface area contributed by atoms with Crippen LogP contribution < -0.4 is 0 Å². The SMILES string of the molecule is CC1C(C(=O)O)CCN1C(=O)N(C)C1CCCCCC1. The molecule has 2 atom stereocenters. The molecule has 0 aromatic carbocycles. The summed E-state index contributed by atoms with van der Waals surface area (Å²) in [6.07, 6.45) is 7.63. The van der Waals surface area contributed by atoms with Gasteiger partial charge in [0.15, 0.2) is 0 Å². The first-order valence-electron chi connectivity index (χ1n) is 7.78. The molecule has 2 aliphatic rings. The first kappa shape index (κ1) is 15.1. The highest BCUT2D eigenvalue weighted by Gasteiger charge is 2.39. The third kappa shape index (κ3) is 3.07. The van der Waals surface area contributed by atoms with Crippen LogP contribution in [0.25, 0.3) is 0 Å². The lowest BCUT2D eigenvalue weighted by Gasteiger charge is -2.33. The van der Waals surface area contributed by atoms with Crippen LogP contribution in [0.2, 0.25) is 0 Å². The number of likely N-dealkylation sites (tertiary alicyclic amines) is 1. The molecule has 2 amide bonds. The van der Waals surface area contributed by atoms with E-state index in [-0.39, 0.29) is 12.1 Å². The molecule has 2 rings (SSSR count). The summed E-state index contributed by atoms with van der Waals surface area (Å²) in [5.74, 6) is -1.20. The fourth-order valence-electron chi connectivity index (χ4n) is 3.54. The summed E-state index contributed by atoms with van der Waals surface area (Å²) >= 11 is 0. The number of carbonyl (C=O) groups is 2. The summed E-state index contributed by atoms with van der Waals surface area (Å²) in [5.41, 5.74) is 0. The third-order valence-corrected chi connectivity index (χ3v) is 4.99. The van der Waals surface area contributed by atoms with Crippen molar-refractivity contribution in [2.45, 2.75) is 64.0 Å². The number of carbonyl (C=O) groups excluding carboxylic acids is 1. The van der Waals surface area contributed by atoms with E-state index in [9.17, 15) is 9.59 Å². The van der Waals surface area contributed by atoms with Gasteiger partial charge in [-0.2, -0.15) is 0 Å². The van der Waals surface area contributed by atoms with Gasteiger partial charge in [-0.25, -0.2) is 4.79 Å². The van der Waals surface area contributed by atoms with Crippen molar-refractivity contribution in [3.63, 3.8) is 0 Å². The lowest BCUT2D eigenvalue weighted by molar-refractivity contribution is -0.142. The van der Waals surface area contributed by atoms with Crippen LogP contribution in [0.3, 0.4) is 0 Å². The lowest BCUT2D eigenvalue weighted by atomic mass is 10.0. The molecule has 1 saturated heterocycles. The van der Waals surface area contributed by atoms with Gasteiger partial charge in [0.05, 0.1) is 5.92 Å². The summed E-state index contributed by atoms with van der Waals surface area (Å²) in [4.78, 5) is 27.3. The van der Waals surface area contributed by atoms with Crippen LogP contribution in [-0.2, 0) is 4.79 Å². The first-order valence-corrected chi connectivity index (χ1v) is 7.78. The van der Waals surface area contributed by atoms with Crippen molar-refractivity contribution >= 4 is 12.0 Å². The molecule has 114 valence electrons. The molecule has 0 radical (unpaired) electrons. The van der Waals surface area contributed by atoms with Crippen molar-refractivity contribution in [1.82, 2.24) is 9.80 Å². The van der Waals surface area contributed by atoms with Gasteiger partial charge in [0, 0.05) is 25.7 Å². The summed E-state index contributed by atoms with van der Waals surface area (Å²) < 4.78 is 0. The van der Waals surface area contributed by atoms with E-state index >= 15 is 0 Å². The van der Waals surface area contributed by atoms with Gasteiger partial charge in [-0.3, -0.25) is 4.79 Å². The Labute approximate surface area is 120 Å². The molecule has 0 bridgehead atoms. The minimum absolute atomic E-state index is 0.00755. The highest BCUT2D eigenvalue weighted by atomic mass is 16.4. The highest BCUT2D eigenvalue weighted by Crippen LogP contribution is 2.27. The average Bonchev–Trinajstić information content (AvgIpc) is 2.65. The zero-order valence-electron chi connectivity index (χ0n) is 12.5. The minimum Gasteiger partial charge on any atom is -0.481 e. The average molecular weight is 282 g/mol. The van der Waals surface area contributed by atoms with Crippen LogP contribution in [0.15, 0.2) is 0 Å². The molecule has 5 heteroatoms. The second kappa shape index (κ2) is 6.46. The number of carboxylic acid groups (broad SMARTS) is 1. The molecular weight excluding hydrogens is 256 g/mol. The maximum absolute atomic E-state index is 12.6. The van der Waals surface area contributed by atoms with Crippen molar-refractivity contribution in [3.8, 4) is 0 Å². The molecule has 1 aliphatic carbocycles. The zero-order valence-corrected chi connectivity index (χ0v) is 12.5. The molecule has 1 N–H and O–H groups in total. The molecule has 5 nitrogen and oxygen atoms in total. The molecule has 0 spiro atoms. The molecule has 2 unspecified atom stereocenters. The van der Waals surface area contributed by atoms with Gasteiger partial charge in [-0.1, -0.05) is 25.7 Å². The van der Waals surface area contributed by atoms with E-state index in [0.29, 0.717) is 19.0 Å². The van der Waals surface area contributed by atoms with Gasteiger partial charge in [-0.15, -0.1) is 0 Å². The number of nitrogens with zero attached hydrogens (tertiary/aromatic N) is 2. The van der Waals surface area contributed by atoms with Crippen molar-refractivity contribution in [1.29, 1.82) is 0 Å². The van der Waals surface area contributed by atoms with Gasteiger partial charge >= 0.3 is 12.0 Å². The fraction of sp³-hybridized carbons (Fsp3) is 0.867. The number of carboxylic acids is 1. The maximum Gasteiger partial charge on any atom is 0.320 e. The van der Waals surface area contributed by atoms with Crippen molar-refractivity contribution in [2.75, 3.05) is 13.6 Å². The number of amides is 2. The number of hydrogen-bond acceptors (Lipinski definition) is 2. The van der Waals surface area contributed by atoms with Crippen LogP contribution in [0.1, 0.15) is 51.9 Å². The zero-order chi connectivity index (χ0) is 14.7. The molecule has 1 saturated carbocycles. The Morgan fingerprint density at radius 2 is 1.70 bits per heavy atom. The van der Waals surface area contributed by atoms with E-state index in [1.54, 1.807) is 4.90 Å². The van der Waals surface area contributed by atoms with E-state index in [1.807, 2.05) is 18.9 Å². The number of rotatable bonds is 2. The summed E-state index contributed by atoms with van der Waals surface area (Å²) in [5, 5.41) is 9.16. The Morgan fingerprint density at radius 3 is 2.20 bits per heavy atom. The Morgan fingerprint density at radius 1 is 1.10 bits per heavy atom. The summed E-state index contributed by atoms with van der Waals surface area (Å²) in [7, 11) is 1.87.